The van der Waals surface area contributed by atoms with Crippen LogP contribution in [-0.4, -0.2) is 67.3 Å². The zero-order valence-corrected chi connectivity index (χ0v) is 24.1. The van der Waals surface area contributed by atoms with Crippen molar-refractivity contribution in [2.75, 3.05) is 57.2 Å². The highest BCUT2D eigenvalue weighted by Gasteiger charge is 2.15. The fourth-order valence-corrected chi connectivity index (χ4v) is 5.24. The first-order valence-electron chi connectivity index (χ1n) is 13.9. The lowest BCUT2D eigenvalue weighted by Gasteiger charge is -2.26. The van der Waals surface area contributed by atoms with Gasteiger partial charge in [0.1, 0.15) is 12.1 Å². The Morgan fingerprint density at radius 1 is 0.951 bits per heavy atom. The third-order valence-corrected chi connectivity index (χ3v) is 7.21. The molecule has 0 radical (unpaired) electrons. The highest BCUT2D eigenvalue weighted by molar-refractivity contribution is 6.06. The molecule has 2 N–H and O–H groups in total. The van der Waals surface area contributed by atoms with Gasteiger partial charge in [0, 0.05) is 48.0 Å². The molecule has 1 amide bonds. The molecule has 0 bridgehead atoms. The first-order valence-corrected chi connectivity index (χ1v) is 13.9. The quantitative estimate of drug-likeness (QED) is 0.242. The summed E-state index contributed by atoms with van der Waals surface area (Å²) in [4.78, 5) is 24.3. The Labute approximate surface area is 240 Å². The molecule has 5 rings (SSSR count). The van der Waals surface area contributed by atoms with Gasteiger partial charge in [-0.3, -0.25) is 9.69 Å². The van der Waals surface area contributed by atoms with Crippen molar-refractivity contribution in [3.8, 4) is 11.5 Å². The summed E-state index contributed by atoms with van der Waals surface area (Å²) in [5, 5.41) is 7.19. The number of carbonyl (C=O) groups is 1. The van der Waals surface area contributed by atoms with Crippen LogP contribution < -0.4 is 20.1 Å². The van der Waals surface area contributed by atoms with Gasteiger partial charge < -0.3 is 24.8 Å². The van der Waals surface area contributed by atoms with E-state index in [1.165, 1.54) is 6.33 Å². The molecule has 0 unspecified atom stereocenters. The molecule has 3 aromatic carbocycles. The van der Waals surface area contributed by atoms with E-state index in [1.54, 1.807) is 7.11 Å². The predicted octanol–water partition coefficient (Wildman–Crippen LogP) is 5.66. The van der Waals surface area contributed by atoms with Gasteiger partial charge >= 0.3 is 0 Å². The van der Waals surface area contributed by atoms with E-state index in [2.05, 4.69) is 25.5 Å². The van der Waals surface area contributed by atoms with Crippen LogP contribution in [0.1, 0.15) is 33.5 Å². The molecule has 2 heterocycles. The van der Waals surface area contributed by atoms with Gasteiger partial charge in [-0.05, 0) is 68.7 Å². The number of hydrogen-bond donors (Lipinski definition) is 2. The summed E-state index contributed by atoms with van der Waals surface area (Å²) in [5.74, 6) is 1.82. The summed E-state index contributed by atoms with van der Waals surface area (Å²) in [6, 6.07) is 15.4. The maximum atomic E-state index is 13.0. The van der Waals surface area contributed by atoms with Crippen LogP contribution in [0.25, 0.3) is 10.9 Å². The van der Waals surface area contributed by atoms with Gasteiger partial charge in [0.15, 0.2) is 11.5 Å². The minimum Gasteiger partial charge on any atom is -0.493 e. The molecule has 1 fully saturated rings. The molecule has 0 atom stereocenters. The van der Waals surface area contributed by atoms with Crippen molar-refractivity contribution >= 4 is 34.0 Å². The highest BCUT2D eigenvalue weighted by Crippen LogP contribution is 2.35. The largest absolute Gasteiger partial charge is 0.493 e. The van der Waals surface area contributed by atoms with Crippen LogP contribution in [0.2, 0.25) is 0 Å². The van der Waals surface area contributed by atoms with Crippen LogP contribution >= 0.6 is 0 Å². The third kappa shape index (κ3) is 6.93. The van der Waals surface area contributed by atoms with Crippen molar-refractivity contribution in [3.05, 3.63) is 77.1 Å². The maximum absolute atomic E-state index is 13.0. The number of nitrogens with zero attached hydrogens (tertiary/aromatic N) is 3. The van der Waals surface area contributed by atoms with Gasteiger partial charge in [-0.25, -0.2) is 9.97 Å². The summed E-state index contributed by atoms with van der Waals surface area (Å²) in [5.41, 5.74) is 6.07. The van der Waals surface area contributed by atoms with Crippen LogP contribution in [0.3, 0.4) is 0 Å². The number of anilines is 3. The molecule has 1 saturated heterocycles. The molecule has 4 aromatic rings. The number of aryl methyl sites for hydroxylation is 3. The monoisotopic (exact) mass is 555 g/mol. The Kier molecular flexibility index (Phi) is 8.96. The SMILES string of the molecule is COc1cc2c(Nc3ccc(NC(=O)c4c(C)cc(C)cc4C)cc3)ncnc2cc1OCCCN1CCOCC1. The van der Waals surface area contributed by atoms with Gasteiger partial charge in [-0.15, -0.1) is 0 Å². The zero-order chi connectivity index (χ0) is 28.8. The number of morpholine rings is 1. The minimum atomic E-state index is -0.117. The molecule has 0 saturated carbocycles. The molecular formula is C32H37N5O4. The van der Waals surface area contributed by atoms with Crippen molar-refractivity contribution in [2.45, 2.75) is 27.2 Å². The summed E-state index contributed by atoms with van der Waals surface area (Å²) in [6.07, 6.45) is 2.44. The molecule has 1 aliphatic heterocycles. The Morgan fingerprint density at radius 2 is 1.66 bits per heavy atom. The molecule has 9 heteroatoms. The first kappa shape index (κ1) is 28.3. The number of hydrogen-bond acceptors (Lipinski definition) is 8. The second kappa shape index (κ2) is 13.0. The maximum Gasteiger partial charge on any atom is 0.256 e. The van der Waals surface area contributed by atoms with E-state index in [9.17, 15) is 4.79 Å². The number of nitrogens with one attached hydrogen (secondary N) is 2. The van der Waals surface area contributed by atoms with Crippen molar-refractivity contribution in [1.82, 2.24) is 14.9 Å². The number of rotatable bonds is 10. The van der Waals surface area contributed by atoms with E-state index in [0.29, 0.717) is 35.2 Å². The van der Waals surface area contributed by atoms with Crippen molar-refractivity contribution in [2.24, 2.45) is 0 Å². The second-order valence-electron chi connectivity index (χ2n) is 10.3. The fourth-order valence-electron chi connectivity index (χ4n) is 5.24. The fraction of sp³-hybridized carbons (Fsp3) is 0.344. The molecule has 214 valence electrons. The lowest BCUT2D eigenvalue weighted by atomic mass is 9.99. The zero-order valence-electron chi connectivity index (χ0n) is 24.1. The topological polar surface area (TPSA) is 97.8 Å². The van der Waals surface area contributed by atoms with Crippen LogP contribution in [0.15, 0.2) is 54.9 Å². The number of ether oxygens (including phenoxy) is 3. The highest BCUT2D eigenvalue weighted by atomic mass is 16.5. The number of carbonyl (C=O) groups excluding carboxylic acids is 1. The number of fused-ring (bicyclic) bond motifs is 1. The average molecular weight is 556 g/mol. The number of amides is 1. The van der Waals surface area contributed by atoms with Crippen molar-refractivity contribution < 1.29 is 19.0 Å². The predicted molar refractivity (Wildman–Crippen MR) is 162 cm³/mol. The molecule has 0 spiro atoms. The summed E-state index contributed by atoms with van der Waals surface area (Å²) >= 11 is 0. The van der Waals surface area contributed by atoms with E-state index < -0.39 is 0 Å². The lowest BCUT2D eigenvalue weighted by Crippen LogP contribution is -2.37. The summed E-state index contributed by atoms with van der Waals surface area (Å²) in [6.45, 7) is 11.0. The number of methoxy groups -OCH3 is 1. The Morgan fingerprint density at radius 3 is 2.37 bits per heavy atom. The molecule has 0 aliphatic carbocycles. The Balaban J connectivity index is 1.25. The number of benzene rings is 3. The summed E-state index contributed by atoms with van der Waals surface area (Å²) < 4.78 is 17.1. The van der Waals surface area contributed by atoms with E-state index in [4.69, 9.17) is 14.2 Å². The van der Waals surface area contributed by atoms with Gasteiger partial charge in [0.25, 0.3) is 5.91 Å². The molecule has 1 aromatic heterocycles. The van der Waals surface area contributed by atoms with Crippen LogP contribution in [0.5, 0.6) is 11.5 Å². The minimum absolute atomic E-state index is 0.117. The van der Waals surface area contributed by atoms with Gasteiger partial charge in [0.05, 0.1) is 32.4 Å². The first-order chi connectivity index (χ1) is 19.9. The molecule has 41 heavy (non-hydrogen) atoms. The Hall–Kier alpha value is -4.21. The lowest BCUT2D eigenvalue weighted by molar-refractivity contribution is 0.0357. The second-order valence-corrected chi connectivity index (χ2v) is 10.3. The van der Waals surface area contributed by atoms with E-state index in [-0.39, 0.29) is 5.91 Å². The van der Waals surface area contributed by atoms with Crippen molar-refractivity contribution in [3.63, 3.8) is 0 Å². The standard InChI is InChI=1S/C32H37N5O4/c1-21-16-22(2)30(23(3)17-21)32(38)36-25-8-6-24(7-9-25)35-31-26-18-28(39-4)29(19-27(26)33-20-34-31)41-13-5-10-37-11-14-40-15-12-37/h6-9,16-20H,5,10-15H2,1-4H3,(H,36,38)(H,33,34,35). The van der Waals surface area contributed by atoms with Gasteiger partial charge in [0.2, 0.25) is 0 Å². The van der Waals surface area contributed by atoms with Gasteiger partial charge in [-0.1, -0.05) is 17.7 Å². The molecular weight excluding hydrogens is 518 g/mol. The van der Waals surface area contributed by atoms with E-state index in [0.717, 1.165) is 72.5 Å². The van der Waals surface area contributed by atoms with Crippen LogP contribution in [0, 0.1) is 20.8 Å². The smallest absolute Gasteiger partial charge is 0.256 e. The third-order valence-electron chi connectivity index (χ3n) is 7.21. The number of aromatic nitrogens is 2. The van der Waals surface area contributed by atoms with Crippen molar-refractivity contribution in [1.29, 1.82) is 0 Å². The van der Waals surface area contributed by atoms with E-state index in [1.807, 2.05) is 69.3 Å². The van der Waals surface area contributed by atoms with Crippen LogP contribution in [-0.2, 0) is 4.74 Å². The molecule has 9 nitrogen and oxygen atoms in total. The van der Waals surface area contributed by atoms with Gasteiger partial charge in [-0.2, -0.15) is 0 Å². The average Bonchev–Trinajstić information content (AvgIpc) is 2.96. The van der Waals surface area contributed by atoms with Crippen LogP contribution in [0.4, 0.5) is 17.2 Å². The molecule has 1 aliphatic rings. The Bertz CT molecular complexity index is 1490. The normalized spacial score (nSPS) is 13.7. The van der Waals surface area contributed by atoms with E-state index >= 15 is 0 Å². The summed E-state index contributed by atoms with van der Waals surface area (Å²) in [7, 11) is 1.63.